The predicted octanol–water partition coefficient (Wildman–Crippen LogP) is 6.99. The predicted molar refractivity (Wildman–Crippen MR) is 150 cm³/mol. The van der Waals surface area contributed by atoms with Gasteiger partial charge in [-0.2, -0.15) is 18.3 Å². The van der Waals surface area contributed by atoms with E-state index >= 15 is 0 Å². The number of amides is 1. The Morgan fingerprint density at radius 3 is 2.24 bits per heavy atom. The highest BCUT2D eigenvalue weighted by Crippen LogP contribution is 2.42. The molecule has 0 aliphatic heterocycles. The lowest BCUT2D eigenvalue weighted by atomic mass is 9.97. The summed E-state index contributed by atoms with van der Waals surface area (Å²) in [7, 11) is 1.49. The number of hydrogen-bond acceptors (Lipinski definition) is 5. The number of fused-ring (bicyclic) bond motifs is 1. The van der Waals surface area contributed by atoms with Crippen LogP contribution in [0.4, 0.5) is 13.2 Å². The van der Waals surface area contributed by atoms with E-state index in [4.69, 9.17) is 27.2 Å². The second-order valence-electron chi connectivity index (χ2n) is 9.59. The number of halogens is 4. The van der Waals surface area contributed by atoms with Crippen LogP contribution < -0.4 is 10.5 Å². The first-order valence-corrected chi connectivity index (χ1v) is 13.0. The molecule has 3 N–H and O–H groups in total. The van der Waals surface area contributed by atoms with E-state index in [2.05, 4.69) is 23.9 Å². The normalized spacial score (nSPS) is 12.1. The molecule has 0 spiro atoms. The number of ether oxygens (including phenoxy) is 1. The van der Waals surface area contributed by atoms with Gasteiger partial charge in [-0.25, -0.2) is 0 Å². The number of carbonyl (C=O) groups is 2. The molecule has 1 amide bonds. The van der Waals surface area contributed by atoms with Crippen molar-refractivity contribution in [3.63, 3.8) is 0 Å². The molecule has 0 aliphatic carbocycles. The molecule has 2 aromatic carbocycles. The highest BCUT2D eigenvalue weighted by atomic mass is 35.5. The summed E-state index contributed by atoms with van der Waals surface area (Å²) in [6.07, 6.45) is -0.251. The van der Waals surface area contributed by atoms with Crippen LogP contribution in [-0.4, -0.2) is 38.9 Å². The number of aliphatic carboxylic acids is 1. The van der Waals surface area contributed by atoms with Crippen molar-refractivity contribution in [2.24, 2.45) is 11.7 Å². The van der Waals surface area contributed by atoms with Gasteiger partial charge in [0.1, 0.15) is 11.4 Å². The van der Waals surface area contributed by atoms with Gasteiger partial charge in [0.2, 0.25) is 0 Å². The van der Waals surface area contributed by atoms with Gasteiger partial charge in [0.15, 0.2) is 0 Å². The van der Waals surface area contributed by atoms with E-state index in [1.165, 1.54) is 13.2 Å². The fraction of sp³-hybridized carbons (Fsp3) is 0.310. The van der Waals surface area contributed by atoms with Crippen LogP contribution in [0.3, 0.4) is 0 Å². The molecule has 0 fully saturated rings. The summed E-state index contributed by atoms with van der Waals surface area (Å²) in [5.74, 6) is -0.584. The number of carboxylic acid groups (broad SMARTS) is 1. The zero-order chi connectivity index (χ0) is 30.5. The van der Waals surface area contributed by atoms with Gasteiger partial charge in [-0.15, -0.1) is 0 Å². The number of alkyl halides is 3. The summed E-state index contributed by atoms with van der Waals surface area (Å²) in [6, 6.07) is 10.0. The number of primary amides is 1. The molecule has 0 saturated carbocycles. The summed E-state index contributed by atoms with van der Waals surface area (Å²) < 4.78 is 46.9. The Hall–Kier alpha value is -4.12. The number of nitrogens with zero attached hydrogens (tertiary/aromatic N) is 3. The van der Waals surface area contributed by atoms with E-state index in [0.29, 0.717) is 28.2 Å². The summed E-state index contributed by atoms with van der Waals surface area (Å²) in [4.78, 5) is 25.0. The van der Waals surface area contributed by atoms with Gasteiger partial charge in [-0.3, -0.25) is 19.3 Å². The Morgan fingerprint density at radius 1 is 1.10 bits per heavy atom. The third-order valence-corrected chi connectivity index (χ3v) is 6.55. The lowest BCUT2D eigenvalue weighted by Gasteiger charge is -2.21. The standard InChI is InChI=1S/C26H24ClF3N4O2.C3H6O2/c1-14(2)10-23(15-4-8-21(25(31)35)32-12-15)34-22-9-7-18(24(36-3)19(22)13-33-34)17-6-5-16(11-20(17)27)26(28,29)30;1-2-3(4)5/h4-9,11-14,23H,10H2,1-3H3,(H2,31,35);2H2,1H3,(H,4,5). The first-order chi connectivity index (χ1) is 19.3. The number of hydrogen-bond donors (Lipinski definition) is 2. The van der Waals surface area contributed by atoms with Crippen molar-refractivity contribution in [2.75, 3.05) is 7.11 Å². The molecule has 0 saturated heterocycles. The molecule has 2 aromatic heterocycles. The van der Waals surface area contributed by atoms with Crippen molar-refractivity contribution >= 4 is 34.4 Å². The third-order valence-electron chi connectivity index (χ3n) is 6.24. The molecule has 0 aliphatic rings. The van der Waals surface area contributed by atoms with Crippen LogP contribution in [0.15, 0.2) is 54.9 Å². The molecular weight excluding hydrogens is 561 g/mol. The molecule has 218 valence electrons. The summed E-state index contributed by atoms with van der Waals surface area (Å²) in [5, 5.41) is 13.0. The second kappa shape index (κ2) is 13.0. The van der Waals surface area contributed by atoms with Gasteiger partial charge in [-0.05, 0) is 48.2 Å². The van der Waals surface area contributed by atoms with E-state index in [-0.39, 0.29) is 23.2 Å². The topological polar surface area (TPSA) is 120 Å². The molecule has 4 aromatic rings. The summed E-state index contributed by atoms with van der Waals surface area (Å²) >= 11 is 6.26. The number of methoxy groups -OCH3 is 1. The van der Waals surface area contributed by atoms with Gasteiger partial charge in [-0.1, -0.05) is 44.5 Å². The fourth-order valence-electron chi connectivity index (χ4n) is 4.26. The SMILES string of the molecule is CCC(=O)O.COc1c(-c2ccc(C(F)(F)F)cc2Cl)ccc2c1cnn2C(CC(C)C)c1ccc(C(N)=O)nc1. The Morgan fingerprint density at radius 2 is 1.76 bits per heavy atom. The molecular formula is C29H30ClF3N4O4. The molecule has 2 heterocycles. The molecule has 4 rings (SSSR count). The average Bonchev–Trinajstić information content (AvgIpc) is 3.35. The molecule has 12 heteroatoms. The molecule has 1 unspecified atom stereocenters. The fourth-order valence-corrected chi connectivity index (χ4v) is 4.54. The molecule has 0 bridgehead atoms. The zero-order valence-electron chi connectivity index (χ0n) is 22.9. The van der Waals surface area contributed by atoms with Gasteiger partial charge < -0.3 is 15.6 Å². The van der Waals surface area contributed by atoms with Crippen molar-refractivity contribution in [1.29, 1.82) is 0 Å². The number of aromatic nitrogens is 3. The van der Waals surface area contributed by atoms with Crippen molar-refractivity contribution in [3.05, 3.63) is 76.7 Å². The maximum Gasteiger partial charge on any atom is 0.416 e. The van der Waals surface area contributed by atoms with E-state index in [1.807, 2.05) is 10.7 Å². The Bertz CT molecular complexity index is 1540. The van der Waals surface area contributed by atoms with Crippen LogP contribution in [0.25, 0.3) is 22.0 Å². The smallest absolute Gasteiger partial charge is 0.416 e. The highest BCUT2D eigenvalue weighted by Gasteiger charge is 2.31. The van der Waals surface area contributed by atoms with Crippen LogP contribution in [-0.2, 0) is 11.0 Å². The van der Waals surface area contributed by atoms with E-state index in [1.54, 1.807) is 37.5 Å². The van der Waals surface area contributed by atoms with Crippen LogP contribution in [0.5, 0.6) is 5.75 Å². The van der Waals surface area contributed by atoms with E-state index < -0.39 is 23.6 Å². The number of pyridine rings is 1. The van der Waals surface area contributed by atoms with Crippen LogP contribution in [0.1, 0.15) is 61.3 Å². The number of carbonyl (C=O) groups excluding carboxylic acids is 1. The Balaban J connectivity index is 0.000000850. The minimum atomic E-state index is -4.49. The third kappa shape index (κ3) is 7.35. The molecule has 41 heavy (non-hydrogen) atoms. The van der Waals surface area contributed by atoms with Crippen molar-refractivity contribution < 1.29 is 32.6 Å². The Kier molecular flexibility index (Phi) is 9.98. The quantitative estimate of drug-likeness (QED) is 0.228. The van der Waals surface area contributed by atoms with Crippen LogP contribution in [0.2, 0.25) is 5.02 Å². The van der Waals surface area contributed by atoms with Crippen LogP contribution >= 0.6 is 11.6 Å². The largest absolute Gasteiger partial charge is 0.495 e. The van der Waals surface area contributed by atoms with Crippen molar-refractivity contribution in [3.8, 4) is 16.9 Å². The first-order valence-electron chi connectivity index (χ1n) is 12.7. The highest BCUT2D eigenvalue weighted by molar-refractivity contribution is 6.33. The summed E-state index contributed by atoms with van der Waals surface area (Å²) in [6.45, 7) is 5.78. The van der Waals surface area contributed by atoms with Gasteiger partial charge in [0, 0.05) is 28.8 Å². The minimum Gasteiger partial charge on any atom is -0.495 e. The zero-order valence-corrected chi connectivity index (χ0v) is 23.6. The van der Waals surface area contributed by atoms with Gasteiger partial charge in [0.25, 0.3) is 5.91 Å². The lowest BCUT2D eigenvalue weighted by molar-refractivity contribution is -0.138. The van der Waals surface area contributed by atoms with E-state index in [0.717, 1.165) is 29.6 Å². The lowest BCUT2D eigenvalue weighted by Crippen LogP contribution is -2.17. The Labute approximate surface area is 239 Å². The molecule has 8 nitrogen and oxygen atoms in total. The number of nitrogens with two attached hydrogens (primary N) is 1. The monoisotopic (exact) mass is 590 g/mol. The maximum absolute atomic E-state index is 13.1. The maximum atomic E-state index is 13.1. The average molecular weight is 591 g/mol. The second-order valence-corrected chi connectivity index (χ2v) is 10.0. The number of benzene rings is 2. The van der Waals surface area contributed by atoms with Crippen molar-refractivity contribution in [1.82, 2.24) is 14.8 Å². The molecule has 1 atom stereocenters. The number of rotatable bonds is 8. The van der Waals surface area contributed by atoms with Gasteiger partial charge >= 0.3 is 12.1 Å². The first kappa shape index (κ1) is 31.4. The van der Waals surface area contributed by atoms with Gasteiger partial charge in [0.05, 0.1) is 35.8 Å². The number of carboxylic acids is 1. The van der Waals surface area contributed by atoms with Crippen LogP contribution in [0, 0.1) is 5.92 Å². The summed E-state index contributed by atoms with van der Waals surface area (Å²) in [5.41, 5.74) is 7.27. The van der Waals surface area contributed by atoms with Crippen molar-refractivity contribution in [2.45, 2.75) is 45.8 Å². The van der Waals surface area contributed by atoms with E-state index in [9.17, 15) is 22.8 Å². The minimum absolute atomic E-state index is 0.0341. The molecule has 0 radical (unpaired) electrons.